The van der Waals surface area contributed by atoms with Crippen molar-refractivity contribution in [2.24, 2.45) is 5.41 Å². The molecule has 0 unspecified atom stereocenters. The van der Waals surface area contributed by atoms with Gasteiger partial charge in [-0.2, -0.15) is 4.98 Å². The van der Waals surface area contributed by atoms with Crippen LogP contribution in [-0.4, -0.2) is 64.2 Å². The zero-order chi connectivity index (χ0) is 26.7. The summed E-state index contributed by atoms with van der Waals surface area (Å²) in [6, 6.07) is 13.9. The van der Waals surface area contributed by atoms with Gasteiger partial charge in [-0.3, -0.25) is 4.79 Å². The Hall–Kier alpha value is -3.46. The lowest BCUT2D eigenvalue weighted by molar-refractivity contribution is -0.130. The standard InChI is InChI=1S/C29H35N5O3S/c1-20-16-21(2)18-23(17-20)30-28(38)33-13-10-29(11-14-33)12-15-34(19-29)26(35)9-8-25-31-27(32-37-25)22-4-6-24(36-3)7-5-22/h4-7,16-18H,8-15,19H2,1-3H3,(H,30,38). The van der Waals surface area contributed by atoms with E-state index >= 15 is 0 Å². The Morgan fingerprint density at radius 2 is 1.71 bits per heavy atom. The fourth-order valence-corrected chi connectivity index (χ4v) is 5.88. The zero-order valence-electron chi connectivity index (χ0n) is 22.3. The van der Waals surface area contributed by atoms with Gasteiger partial charge in [0.15, 0.2) is 5.11 Å². The van der Waals surface area contributed by atoms with Crippen molar-refractivity contribution in [3.63, 3.8) is 0 Å². The van der Waals surface area contributed by atoms with Crippen LogP contribution in [0.5, 0.6) is 5.75 Å². The van der Waals surface area contributed by atoms with Crippen LogP contribution < -0.4 is 10.1 Å². The summed E-state index contributed by atoms with van der Waals surface area (Å²) in [5.41, 5.74) is 4.53. The van der Waals surface area contributed by atoms with Crippen molar-refractivity contribution in [2.75, 3.05) is 38.6 Å². The molecule has 200 valence electrons. The van der Waals surface area contributed by atoms with Crippen molar-refractivity contribution in [1.29, 1.82) is 0 Å². The molecule has 2 fully saturated rings. The summed E-state index contributed by atoms with van der Waals surface area (Å²) in [7, 11) is 1.63. The maximum absolute atomic E-state index is 13.0. The van der Waals surface area contributed by atoms with Crippen molar-refractivity contribution in [2.45, 2.75) is 46.0 Å². The number of amides is 1. The summed E-state index contributed by atoms with van der Waals surface area (Å²) in [6.45, 7) is 7.65. The summed E-state index contributed by atoms with van der Waals surface area (Å²) < 4.78 is 10.6. The number of carbonyl (C=O) groups is 1. The summed E-state index contributed by atoms with van der Waals surface area (Å²) in [5, 5.41) is 8.27. The molecule has 1 N–H and O–H groups in total. The predicted molar refractivity (Wildman–Crippen MR) is 151 cm³/mol. The molecule has 0 saturated carbocycles. The first kappa shape index (κ1) is 26.2. The molecule has 38 heavy (non-hydrogen) atoms. The molecular weight excluding hydrogens is 498 g/mol. The number of hydrogen-bond acceptors (Lipinski definition) is 6. The van der Waals surface area contributed by atoms with Gasteiger partial charge in [0.1, 0.15) is 5.75 Å². The molecular formula is C29H35N5O3S. The number of benzene rings is 2. The van der Waals surface area contributed by atoms with Crippen LogP contribution in [0.3, 0.4) is 0 Å². The fourth-order valence-electron chi connectivity index (χ4n) is 5.58. The Labute approximate surface area is 229 Å². The third kappa shape index (κ3) is 5.99. The Balaban J connectivity index is 1.09. The van der Waals surface area contributed by atoms with Crippen molar-refractivity contribution in [3.8, 4) is 17.1 Å². The molecule has 2 aliphatic rings. The Morgan fingerprint density at radius 1 is 1.05 bits per heavy atom. The number of aromatic nitrogens is 2. The summed E-state index contributed by atoms with van der Waals surface area (Å²) in [4.78, 5) is 21.8. The number of thiocarbonyl (C=S) groups is 1. The first-order valence-electron chi connectivity index (χ1n) is 13.2. The summed E-state index contributed by atoms with van der Waals surface area (Å²) in [6.07, 6.45) is 3.95. The van der Waals surface area contributed by atoms with E-state index in [2.05, 4.69) is 52.4 Å². The normalized spacial score (nSPS) is 16.6. The van der Waals surface area contributed by atoms with E-state index in [0.29, 0.717) is 24.6 Å². The maximum Gasteiger partial charge on any atom is 0.227 e. The number of anilines is 1. The quantitative estimate of drug-likeness (QED) is 0.443. The monoisotopic (exact) mass is 533 g/mol. The molecule has 1 amide bonds. The molecule has 2 aliphatic heterocycles. The van der Waals surface area contributed by atoms with Gasteiger partial charge in [0, 0.05) is 50.3 Å². The number of rotatable bonds is 6. The topological polar surface area (TPSA) is 83.7 Å². The number of methoxy groups -OCH3 is 1. The molecule has 1 spiro atoms. The van der Waals surface area contributed by atoms with Gasteiger partial charge < -0.3 is 24.4 Å². The molecule has 0 radical (unpaired) electrons. The van der Waals surface area contributed by atoms with Gasteiger partial charge in [-0.1, -0.05) is 11.2 Å². The SMILES string of the molecule is COc1ccc(-c2noc(CCC(=O)N3CCC4(CCN(C(=S)Nc5cc(C)cc(C)c5)CC4)C3)n2)cc1. The van der Waals surface area contributed by atoms with Gasteiger partial charge in [-0.15, -0.1) is 0 Å². The van der Waals surface area contributed by atoms with Crippen LogP contribution >= 0.6 is 12.2 Å². The molecule has 0 atom stereocenters. The van der Waals surface area contributed by atoms with Gasteiger partial charge in [0.05, 0.1) is 7.11 Å². The van der Waals surface area contributed by atoms with Gasteiger partial charge in [0.2, 0.25) is 17.6 Å². The molecule has 1 aromatic heterocycles. The third-order valence-electron chi connectivity index (χ3n) is 7.74. The number of likely N-dealkylation sites (tertiary alicyclic amines) is 2. The van der Waals surface area contributed by atoms with Crippen LogP contribution in [0.25, 0.3) is 11.4 Å². The lowest BCUT2D eigenvalue weighted by Gasteiger charge is -2.40. The second-order valence-corrected chi connectivity index (χ2v) is 11.0. The van der Waals surface area contributed by atoms with Crippen molar-refractivity contribution >= 4 is 28.9 Å². The minimum absolute atomic E-state index is 0.153. The molecule has 0 bridgehead atoms. The van der Waals surface area contributed by atoms with E-state index in [-0.39, 0.29) is 11.3 Å². The number of aryl methyl sites for hydroxylation is 3. The number of nitrogens with zero attached hydrogens (tertiary/aromatic N) is 4. The smallest absolute Gasteiger partial charge is 0.227 e. The van der Waals surface area contributed by atoms with Crippen molar-refractivity contribution in [3.05, 3.63) is 59.5 Å². The molecule has 8 nitrogen and oxygen atoms in total. The molecule has 9 heteroatoms. The van der Waals surface area contributed by atoms with Crippen LogP contribution in [0, 0.1) is 19.3 Å². The van der Waals surface area contributed by atoms with Gasteiger partial charge in [-0.25, -0.2) is 0 Å². The van der Waals surface area contributed by atoms with E-state index < -0.39 is 0 Å². The van der Waals surface area contributed by atoms with Crippen molar-refractivity contribution in [1.82, 2.24) is 19.9 Å². The zero-order valence-corrected chi connectivity index (χ0v) is 23.1. The Kier molecular flexibility index (Phi) is 7.65. The van der Waals surface area contributed by atoms with E-state index in [4.69, 9.17) is 21.5 Å². The van der Waals surface area contributed by atoms with Crippen molar-refractivity contribution < 1.29 is 14.1 Å². The highest BCUT2D eigenvalue weighted by Gasteiger charge is 2.42. The molecule has 3 aromatic rings. The van der Waals surface area contributed by atoms with Crippen LogP contribution in [-0.2, 0) is 11.2 Å². The second kappa shape index (κ2) is 11.1. The van der Waals surface area contributed by atoms with Crippen LogP contribution in [0.15, 0.2) is 47.0 Å². The highest BCUT2D eigenvalue weighted by Crippen LogP contribution is 2.40. The molecule has 3 heterocycles. The van der Waals surface area contributed by atoms with Crippen LogP contribution in [0.4, 0.5) is 5.69 Å². The number of hydrogen-bond donors (Lipinski definition) is 1. The number of ether oxygens (including phenoxy) is 1. The number of piperidine rings is 1. The van der Waals surface area contributed by atoms with Crippen LogP contribution in [0.1, 0.15) is 42.7 Å². The molecule has 2 saturated heterocycles. The lowest BCUT2D eigenvalue weighted by atomic mass is 9.78. The second-order valence-electron chi connectivity index (χ2n) is 10.6. The van der Waals surface area contributed by atoms with E-state index in [1.165, 1.54) is 11.1 Å². The predicted octanol–water partition coefficient (Wildman–Crippen LogP) is 5.01. The maximum atomic E-state index is 13.0. The first-order valence-corrected chi connectivity index (χ1v) is 13.6. The number of carbonyl (C=O) groups excluding carboxylic acids is 1. The van der Waals surface area contributed by atoms with Gasteiger partial charge >= 0.3 is 0 Å². The summed E-state index contributed by atoms with van der Waals surface area (Å²) >= 11 is 5.72. The highest BCUT2D eigenvalue weighted by molar-refractivity contribution is 7.80. The molecule has 5 rings (SSSR count). The van der Waals surface area contributed by atoms with E-state index in [1.54, 1.807) is 7.11 Å². The number of nitrogens with one attached hydrogen (secondary N) is 1. The minimum atomic E-state index is 0.153. The fraction of sp³-hybridized carbons (Fsp3) is 0.448. The third-order valence-corrected chi connectivity index (χ3v) is 8.10. The summed E-state index contributed by atoms with van der Waals surface area (Å²) in [5.74, 6) is 1.93. The lowest BCUT2D eigenvalue weighted by Crippen LogP contribution is -2.46. The highest BCUT2D eigenvalue weighted by atomic mass is 32.1. The largest absolute Gasteiger partial charge is 0.497 e. The van der Waals surface area contributed by atoms with Gasteiger partial charge in [-0.05, 0) is 98.3 Å². The van der Waals surface area contributed by atoms with E-state index in [1.807, 2.05) is 29.2 Å². The molecule has 0 aliphatic carbocycles. The van der Waals surface area contributed by atoms with Gasteiger partial charge in [0.25, 0.3) is 0 Å². The first-order chi connectivity index (χ1) is 18.3. The Bertz CT molecular complexity index is 1280. The van der Waals surface area contributed by atoms with E-state index in [9.17, 15) is 4.79 Å². The average molecular weight is 534 g/mol. The minimum Gasteiger partial charge on any atom is -0.497 e. The van der Waals surface area contributed by atoms with Crippen LogP contribution in [0.2, 0.25) is 0 Å². The Morgan fingerprint density at radius 3 is 2.37 bits per heavy atom. The average Bonchev–Trinajstić information content (AvgIpc) is 3.55. The van der Waals surface area contributed by atoms with E-state index in [0.717, 1.165) is 67.6 Å². The molecule has 2 aromatic carbocycles.